The van der Waals surface area contributed by atoms with Crippen LogP contribution in [0, 0.1) is 0 Å². The predicted molar refractivity (Wildman–Crippen MR) is 198 cm³/mol. The number of aromatic nitrogens is 2. The van der Waals surface area contributed by atoms with Crippen molar-refractivity contribution in [2.24, 2.45) is 4.99 Å². The van der Waals surface area contributed by atoms with Crippen LogP contribution in [0.2, 0.25) is 0 Å². The molecule has 0 atom stereocenters. The predicted octanol–water partition coefficient (Wildman–Crippen LogP) is 10.5. The molecule has 0 fully saturated rings. The van der Waals surface area contributed by atoms with Gasteiger partial charge in [-0.1, -0.05) is 106 Å². The second-order valence-corrected chi connectivity index (χ2v) is 13.3. The number of ether oxygens (including phenoxy) is 1. The highest BCUT2D eigenvalue weighted by Gasteiger charge is 2.22. The van der Waals surface area contributed by atoms with Crippen LogP contribution in [0.4, 0.5) is 11.4 Å². The van der Waals surface area contributed by atoms with Crippen molar-refractivity contribution >= 4 is 51.3 Å². The zero-order chi connectivity index (χ0) is 32.4. The van der Waals surface area contributed by atoms with E-state index in [1.54, 1.807) is 0 Å². The summed E-state index contributed by atoms with van der Waals surface area (Å²) in [4.78, 5) is 9.67. The lowest BCUT2D eigenvalue weighted by atomic mass is 9.88. The zero-order valence-corrected chi connectivity index (χ0v) is 27.0. The second-order valence-electron chi connectivity index (χ2n) is 13.3. The SMILES string of the molecule is CC(C)(C)c1ccnc(-n2c3ccccc3c3ccc(Oc4cccc([N+]5=[C-]N=C6C=Cc7cccc(c76)-c6ccccc65)c4)cc32)c1. The maximum absolute atomic E-state index is 6.60. The number of allylic oxidation sites excluding steroid dienone is 1. The average Bonchev–Trinajstić information content (AvgIpc) is 3.66. The molecule has 0 radical (unpaired) electrons. The lowest BCUT2D eigenvalue weighted by Gasteiger charge is -2.21. The first-order chi connectivity index (χ1) is 23.4. The van der Waals surface area contributed by atoms with E-state index >= 15 is 0 Å². The van der Waals surface area contributed by atoms with Crippen molar-refractivity contribution in [1.29, 1.82) is 0 Å². The van der Waals surface area contributed by atoms with Crippen LogP contribution in [0.3, 0.4) is 0 Å². The first-order valence-electron chi connectivity index (χ1n) is 16.2. The maximum Gasteiger partial charge on any atom is 0.288 e. The summed E-state index contributed by atoms with van der Waals surface area (Å²) in [7, 11) is 0. The number of para-hydroxylation sites is 2. The molecule has 0 N–H and O–H groups in total. The molecule has 0 saturated heterocycles. The van der Waals surface area contributed by atoms with Crippen molar-refractivity contribution in [3.05, 3.63) is 150 Å². The molecule has 230 valence electrons. The molecule has 2 aromatic heterocycles. The molecule has 2 aliphatic rings. The van der Waals surface area contributed by atoms with Gasteiger partial charge in [0.15, 0.2) is 0 Å². The van der Waals surface area contributed by atoms with Crippen molar-refractivity contribution in [2.75, 3.05) is 0 Å². The first-order valence-corrected chi connectivity index (χ1v) is 16.2. The van der Waals surface area contributed by atoms with E-state index in [9.17, 15) is 0 Å². The van der Waals surface area contributed by atoms with Gasteiger partial charge in [0.2, 0.25) is 0 Å². The smallest absolute Gasteiger partial charge is 0.288 e. The summed E-state index contributed by atoms with van der Waals surface area (Å²) in [6.45, 7) is 6.69. The van der Waals surface area contributed by atoms with Crippen molar-refractivity contribution in [1.82, 2.24) is 14.1 Å². The van der Waals surface area contributed by atoms with E-state index in [-0.39, 0.29) is 5.41 Å². The summed E-state index contributed by atoms with van der Waals surface area (Å²) in [5, 5.41) is 2.33. The number of nitrogens with zero attached hydrogens (tertiary/aromatic N) is 4. The fourth-order valence-electron chi connectivity index (χ4n) is 6.91. The van der Waals surface area contributed by atoms with Gasteiger partial charge in [-0.2, -0.15) is 0 Å². The van der Waals surface area contributed by atoms with Crippen LogP contribution in [-0.2, 0) is 5.41 Å². The minimum atomic E-state index is 0.00368. The van der Waals surface area contributed by atoms with Gasteiger partial charge < -0.3 is 9.31 Å². The standard InChI is InChI=1S/C43H32N4O/c1-43(2,3)29-22-23-44-41(24-29)47-39-17-7-5-13-33(39)35-20-19-32(26-40(35)47)48-31-12-9-11-30(25-31)46-27-45-37-21-18-28-10-8-15-36(42(28)37)34-14-4-6-16-38(34)46/h4-26H,1-3H3. The lowest BCUT2D eigenvalue weighted by Crippen LogP contribution is -2.12. The number of pyridine rings is 1. The quantitative estimate of drug-likeness (QED) is 0.145. The summed E-state index contributed by atoms with van der Waals surface area (Å²) in [6, 6.07) is 42.1. The molecule has 0 saturated carbocycles. The third kappa shape index (κ3) is 4.58. The molecule has 48 heavy (non-hydrogen) atoms. The third-order valence-electron chi connectivity index (χ3n) is 9.28. The molecule has 5 heteroatoms. The van der Waals surface area contributed by atoms with E-state index < -0.39 is 0 Å². The third-order valence-corrected chi connectivity index (χ3v) is 9.28. The topological polar surface area (TPSA) is 42.4 Å². The van der Waals surface area contributed by atoms with Crippen LogP contribution in [0.25, 0.3) is 44.8 Å². The molecule has 3 heterocycles. The molecule has 7 aromatic rings. The average molecular weight is 621 g/mol. The van der Waals surface area contributed by atoms with Crippen LogP contribution >= 0.6 is 0 Å². The normalized spacial score (nSPS) is 13.5. The van der Waals surface area contributed by atoms with Gasteiger partial charge >= 0.3 is 0 Å². The highest BCUT2D eigenvalue weighted by molar-refractivity contribution is 6.23. The van der Waals surface area contributed by atoms with E-state index in [0.717, 1.165) is 67.5 Å². The fourth-order valence-corrected chi connectivity index (χ4v) is 6.91. The van der Waals surface area contributed by atoms with Gasteiger partial charge in [-0.05, 0) is 75.7 Å². The Balaban J connectivity index is 1.14. The Labute approximate surface area is 279 Å². The highest BCUT2D eigenvalue weighted by atomic mass is 16.5. The summed E-state index contributed by atoms with van der Waals surface area (Å²) in [5.41, 5.74) is 10.9. The van der Waals surface area contributed by atoms with Gasteiger partial charge in [-0.3, -0.25) is 4.57 Å². The first kappa shape index (κ1) is 28.2. The molecule has 0 bridgehead atoms. The maximum atomic E-state index is 6.60. The van der Waals surface area contributed by atoms with Crippen molar-refractivity contribution in [3.63, 3.8) is 0 Å². The number of fused-ring (bicyclic) bond motifs is 5. The monoisotopic (exact) mass is 620 g/mol. The fraction of sp³-hybridized carbons (Fsp3) is 0.0930. The summed E-state index contributed by atoms with van der Waals surface area (Å²) in [5.74, 6) is 2.36. The summed E-state index contributed by atoms with van der Waals surface area (Å²) < 4.78 is 10.9. The molecule has 5 aromatic carbocycles. The van der Waals surface area contributed by atoms with E-state index in [0.29, 0.717) is 0 Å². The van der Waals surface area contributed by atoms with Crippen LogP contribution < -0.4 is 9.31 Å². The molecule has 0 spiro atoms. The summed E-state index contributed by atoms with van der Waals surface area (Å²) in [6.07, 6.45) is 9.44. The van der Waals surface area contributed by atoms with Crippen molar-refractivity contribution in [2.45, 2.75) is 26.2 Å². The summed E-state index contributed by atoms with van der Waals surface area (Å²) >= 11 is 0. The molecule has 5 nitrogen and oxygen atoms in total. The van der Waals surface area contributed by atoms with Gasteiger partial charge in [0.1, 0.15) is 23.0 Å². The minimum absolute atomic E-state index is 0.00368. The van der Waals surface area contributed by atoms with Gasteiger partial charge in [-0.25, -0.2) is 4.98 Å². The Bertz CT molecular complexity index is 2530. The Morgan fingerprint density at radius 1 is 0.688 bits per heavy atom. The zero-order valence-electron chi connectivity index (χ0n) is 27.0. The molecule has 1 aliphatic carbocycles. The van der Waals surface area contributed by atoms with Crippen LogP contribution in [0.1, 0.15) is 37.5 Å². The Morgan fingerprint density at radius 3 is 2.40 bits per heavy atom. The number of hydrogen-bond donors (Lipinski definition) is 0. The Kier molecular flexibility index (Phi) is 6.31. The van der Waals surface area contributed by atoms with E-state index in [4.69, 9.17) is 14.7 Å². The molecule has 9 rings (SSSR count). The number of benzene rings is 5. The van der Waals surface area contributed by atoms with Crippen molar-refractivity contribution < 1.29 is 4.74 Å². The van der Waals surface area contributed by atoms with Gasteiger partial charge in [0, 0.05) is 23.0 Å². The largest absolute Gasteiger partial charge is 0.458 e. The molecule has 0 amide bonds. The molecular weight excluding hydrogens is 589 g/mol. The number of rotatable bonds is 4. The molecule has 0 unspecified atom stereocenters. The molecular formula is C43H32N4O. The van der Waals surface area contributed by atoms with Crippen LogP contribution in [-0.4, -0.2) is 21.6 Å². The minimum Gasteiger partial charge on any atom is -0.458 e. The highest BCUT2D eigenvalue weighted by Crippen LogP contribution is 2.40. The number of aliphatic imine (C=N–C) groups is 1. The van der Waals surface area contributed by atoms with E-state index in [1.807, 2.05) is 35.0 Å². The Morgan fingerprint density at radius 2 is 1.48 bits per heavy atom. The lowest BCUT2D eigenvalue weighted by molar-refractivity contribution is 0.483. The van der Waals surface area contributed by atoms with Gasteiger partial charge in [-0.15, -0.1) is 4.99 Å². The van der Waals surface area contributed by atoms with Crippen molar-refractivity contribution in [3.8, 4) is 28.4 Å². The number of hydrogen-bond acceptors (Lipinski definition) is 3. The van der Waals surface area contributed by atoms with E-state index in [2.05, 4.69) is 141 Å². The molecule has 1 aliphatic heterocycles. The van der Waals surface area contributed by atoms with Gasteiger partial charge in [0.05, 0.1) is 22.4 Å². The van der Waals surface area contributed by atoms with E-state index in [1.165, 1.54) is 16.5 Å². The Hall–Kier alpha value is -6.07. The van der Waals surface area contributed by atoms with Gasteiger partial charge in [0.25, 0.3) is 6.34 Å². The van der Waals surface area contributed by atoms with Crippen LogP contribution in [0.15, 0.2) is 139 Å². The second kappa shape index (κ2) is 10.7. The van der Waals surface area contributed by atoms with Crippen LogP contribution in [0.5, 0.6) is 11.5 Å².